The first-order valence-electron chi connectivity index (χ1n) is 23.9. The van der Waals surface area contributed by atoms with E-state index in [1.807, 2.05) is 31.0 Å². The van der Waals surface area contributed by atoms with Crippen molar-refractivity contribution in [2.24, 2.45) is 16.7 Å². The van der Waals surface area contributed by atoms with Gasteiger partial charge in [0.05, 0.1) is 46.2 Å². The summed E-state index contributed by atoms with van der Waals surface area (Å²) in [6.07, 6.45) is 7.00. The van der Waals surface area contributed by atoms with E-state index in [-0.39, 0.29) is 53.8 Å². The number of hydrogen-bond donors (Lipinski definition) is 3. The third kappa shape index (κ3) is 10.00. The average Bonchev–Trinajstić information content (AvgIpc) is 3.81. The zero-order valence-corrected chi connectivity index (χ0v) is 41.7. The fourth-order valence-electron chi connectivity index (χ4n) is 10.9. The van der Waals surface area contributed by atoms with E-state index in [9.17, 15) is 20.0 Å². The molecule has 3 N–H and O–H groups in total. The van der Waals surface area contributed by atoms with Crippen molar-refractivity contribution in [3.05, 3.63) is 106 Å². The monoisotopic (exact) mass is 962 g/mol. The number of ether oxygens (including phenoxy) is 3. The number of nitrogens with one attached hydrogen (secondary N) is 2. The van der Waals surface area contributed by atoms with E-state index < -0.39 is 22.2 Å². The molecule has 1 aromatic heterocycles. The van der Waals surface area contributed by atoms with E-state index >= 15 is 4.39 Å². The highest BCUT2D eigenvalue weighted by Crippen LogP contribution is 2.56. The van der Waals surface area contributed by atoms with Gasteiger partial charge in [-0.2, -0.15) is 5.26 Å². The fourth-order valence-corrected chi connectivity index (χ4v) is 11.1. The summed E-state index contributed by atoms with van der Waals surface area (Å²) in [5.74, 6) is 0.772. The Bertz CT molecular complexity index is 2620. The van der Waals surface area contributed by atoms with E-state index in [2.05, 4.69) is 59.3 Å². The molecule has 1 saturated carbocycles. The standard InChI is InChI=1S/C53H64ClFN8O6/c1-31(2)63(41-11-10-12-43(44(41)55)69-42-16-14-34(53(7,8)66)25-38(42)39-30-61(9)47(65)45-37(39)17-20-57-45)23-24-67-35-18-21-62(22-19-35)50-58-28-33(29-59-50)46(64)60-48-51(3,4)49(52(48,5)6)68-36-15-13-32(27-56)40(54)26-36/h10-16,25-26,28-31,35,37,45,48-49,57,66H,17-24H2,1-9H3,(H,60,64). The van der Waals surface area contributed by atoms with Crippen molar-refractivity contribution in [3.8, 4) is 23.3 Å². The molecular formula is C53H64ClFN8O6. The topological polar surface area (TPSA) is 165 Å². The van der Waals surface area contributed by atoms with E-state index in [1.165, 1.54) is 0 Å². The second-order valence-corrected chi connectivity index (χ2v) is 21.1. The molecule has 2 saturated heterocycles. The molecule has 4 heterocycles. The Morgan fingerprint density at radius 1 is 1.06 bits per heavy atom. The molecule has 14 nitrogen and oxygen atoms in total. The van der Waals surface area contributed by atoms with Gasteiger partial charge in [-0.1, -0.05) is 51.4 Å². The Balaban J connectivity index is 0.853. The Morgan fingerprint density at radius 2 is 1.77 bits per heavy atom. The van der Waals surface area contributed by atoms with Gasteiger partial charge < -0.3 is 44.7 Å². The van der Waals surface area contributed by atoms with Gasteiger partial charge >= 0.3 is 0 Å². The van der Waals surface area contributed by atoms with Crippen LogP contribution in [0, 0.1) is 33.9 Å². The number of rotatable bonds is 15. The van der Waals surface area contributed by atoms with Gasteiger partial charge in [0, 0.05) is 85.7 Å². The number of carbonyl (C=O) groups excluding carboxylic acids is 2. The van der Waals surface area contributed by atoms with Gasteiger partial charge in [0.15, 0.2) is 11.6 Å². The first-order valence-corrected chi connectivity index (χ1v) is 24.2. The number of aliphatic hydroxyl groups is 1. The van der Waals surface area contributed by atoms with Crippen LogP contribution in [0.25, 0.3) is 5.57 Å². The van der Waals surface area contributed by atoms with Crippen molar-refractivity contribution >= 4 is 40.6 Å². The van der Waals surface area contributed by atoms with Gasteiger partial charge in [-0.05, 0) is 101 Å². The predicted octanol–water partition coefficient (Wildman–Crippen LogP) is 8.46. The molecule has 3 aliphatic heterocycles. The maximum absolute atomic E-state index is 16.7. The normalized spacial score (nSPS) is 22.1. The minimum atomic E-state index is -1.14. The quantitative estimate of drug-likeness (QED) is 0.104. The van der Waals surface area contributed by atoms with Gasteiger partial charge in [0.1, 0.15) is 23.7 Å². The number of likely N-dealkylation sites (N-methyl/N-ethyl adjacent to an activating group) is 1. The summed E-state index contributed by atoms with van der Waals surface area (Å²) in [6.45, 7) is 18.6. The lowest BCUT2D eigenvalue weighted by Crippen LogP contribution is -2.74. The van der Waals surface area contributed by atoms with Crippen LogP contribution >= 0.6 is 11.6 Å². The molecule has 0 radical (unpaired) electrons. The molecule has 8 rings (SSSR count). The molecule has 2 unspecified atom stereocenters. The number of amides is 2. The Hall–Kier alpha value is -5.79. The highest BCUT2D eigenvalue weighted by molar-refractivity contribution is 6.31. The molecule has 4 aliphatic rings. The second-order valence-electron chi connectivity index (χ2n) is 20.7. The lowest BCUT2D eigenvalue weighted by Gasteiger charge is -2.63. The van der Waals surface area contributed by atoms with Crippen molar-refractivity contribution in [3.63, 3.8) is 0 Å². The third-order valence-corrected chi connectivity index (χ3v) is 14.7. The first-order chi connectivity index (χ1) is 32.7. The minimum absolute atomic E-state index is 0.000407. The van der Waals surface area contributed by atoms with Crippen LogP contribution in [-0.4, -0.2) is 102 Å². The molecule has 1 aliphatic carbocycles. The van der Waals surface area contributed by atoms with Gasteiger partial charge in [-0.15, -0.1) is 0 Å². The minimum Gasteiger partial charge on any atom is -0.489 e. The SMILES string of the molecule is CC(C)N(CCOC1CCN(c2ncc(C(=O)NC3C(C)(C)C(Oc4ccc(C#N)c(Cl)c4)C3(C)C)cn2)CC1)c1cccc(Oc2ccc(C(C)(C)O)cc2C2=CN(C)C(=O)C3NCCC23)c1F. The largest absolute Gasteiger partial charge is 0.489 e. The highest BCUT2D eigenvalue weighted by atomic mass is 35.5. The fraction of sp³-hybridized carbons (Fsp3) is 0.491. The molecule has 3 fully saturated rings. The van der Waals surface area contributed by atoms with Crippen LogP contribution in [-0.2, 0) is 15.1 Å². The molecule has 0 spiro atoms. The number of nitriles is 1. The lowest BCUT2D eigenvalue weighted by atomic mass is 9.49. The zero-order valence-electron chi connectivity index (χ0n) is 41.0. The van der Waals surface area contributed by atoms with Crippen molar-refractivity contribution in [2.75, 3.05) is 49.6 Å². The Kier molecular flexibility index (Phi) is 14.1. The van der Waals surface area contributed by atoms with Crippen LogP contribution in [0.2, 0.25) is 5.02 Å². The van der Waals surface area contributed by atoms with Crippen LogP contribution < -0.4 is 29.9 Å². The smallest absolute Gasteiger partial charge is 0.254 e. The summed E-state index contributed by atoms with van der Waals surface area (Å²) >= 11 is 6.26. The average molecular weight is 964 g/mol. The van der Waals surface area contributed by atoms with Crippen LogP contribution in [0.5, 0.6) is 17.2 Å². The van der Waals surface area contributed by atoms with E-state index in [0.717, 1.165) is 24.8 Å². The number of anilines is 2. The number of aromatic nitrogens is 2. The predicted molar refractivity (Wildman–Crippen MR) is 264 cm³/mol. The summed E-state index contributed by atoms with van der Waals surface area (Å²) in [7, 11) is 1.73. The van der Waals surface area contributed by atoms with Gasteiger partial charge in [0.2, 0.25) is 11.9 Å². The maximum Gasteiger partial charge on any atom is 0.254 e. The van der Waals surface area contributed by atoms with Crippen molar-refractivity contribution in [1.29, 1.82) is 5.26 Å². The zero-order chi connectivity index (χ0) is 49.6. The molecule has 2 atom stereocenters. The molecule has 3 aromatic carbocycles. The summed E-state index contributed by atoms with van der Waals surface area (Å²) < 4.78 is 35.9. The summed E-state index contributed by atoms with van der Waals surface area (Å²) in [6, 6.07) is 17.1. The summed E-state index contributed by atoms with van der Waals surface area (Å²) in [4.78, 5) is 41.3. The van der Waals surface area contributed by atoms with Crippen LogP contribution in [0.3, 0.4) is 0 Å². The molecule has 366 valence electrons. The summed E-state index contributed by atoms with van der Waals surface area (Å²) in [5, 5.41) is 27.1. The third-order valence-electron chi connectivity index (χ3n) is 14.4. The van der Waals surface area contributed by atoms with Crippen LogP contribution in [0.15, 0.2) is 73.2 Å². The molecule has 2 amide bonds. The second kappa shape index (κ2) is 19.5. The Labute approximate surface area is 409 Å². The van der Waals surface area contributed by atoms with Crippen molar-refractivity contribution < 1.29 is 33.3 Å². The number of carbonyl (C=O) groups is 2. The summed E-state index contributed by atoms with van der Waals surface area (Å²) in [5.41, 5.74) is 1.46. The highest BCUT2D eigenvalue weighted by Gasteiger charge is 2.64. The van der Waals surface area contributed by atoms with Crippen LogP contribution in [0.4, 0.5) is 16.0 Å². The number of benzene rings is 3. The molecule has 16 heteroatoms. The molecule has 4 aromatic rings. The number of halogens is 2. The number of hydrogen-bond acceptors (Lipinski definition) is 12. The molecule has 69 heavy (non-hydrogen) atoms. The van der Waals surface area contributed by atoms with Crippen molar-refractivity contribution in [1.82, 2.24) is 25.5 Å². The maximum atomic E-state index is 16.7. The number of piperidine rings is 1. The number of nitrogens with zero attached hydrogens (tertiary/aromatic N) is 6. The lowest BCUT2D eigenvalue weighted by molar-refractivity contribution is -0.164. The van der Waals surface area contributed by atoms with E-state index in [1.54, 1.807) is 86.7 Å². The van der Waals surface area contributed by atoms with Crippen molar-refractivity contribution in [2.45, 2.75) is 111 Å². The first kappa shape index (κ1) is 49.6. The van der Waals surface area contributed by atoms with Crippen LogP contribution in [0.1, 0.15) is 102 Å². The molecule has 0 bridgehead atoms. The van der Waals surface area contributed by atoms with Gasteiger partial charge in [-0.25, -0.2) is 14.4 Å². The van der Waals surface area contributed by atoms with Gasteiger partial charge in [0.25, 0.3) is 5.91 Å². The van der Waals surface area contributed by atoms with E-state index in [0.29, 0.717) is 83.2 Å². The molecular weight excluding hydrogens is 899 g/mol. The van der Waals surface area contributed by atoms with E-state index in [4.69, 9.17) is 25.8 Å². The van der Waals surface area contributed by atoms with Gasteiger partial charge in [-0.3, -0.25) is 9.59 Å². The Morgan fingerprint density at radius 3 is 2.42 bits per heavy atom. The number of fused-ring (bicyclic) bond motifs is 1.